The van der Waals surface area contributed by atoms with Gasteiger partial charge in [0.1, 0.15) is 5.78 Å². The molecular weight excluding hydrogens is 236 g/mol. The van der Waals surface area contributed by atoms with Crippen LogP contribution in [-0.4, -0.2) is 17.0 Å². The molecular formula is C17H26O2. The molecule has 0 aliphatic heterocycles. The number of fused-ring (bicyclic) bond motifs is 5. The van der Waals surface area contributed by atoms with Crippen molar-refractivity contribution in [1.82, 2.24) is 0 Å². The zero-order valence-electron chi connectivity index (χ0n) is 11.8. The highest BCUT2D eigenvalue weighted by Gasteiger charge is 2.51. The van der Waals surface area contributed by atoms with Gasteiger partial charge in [0.05, 0.1) is 6.10 Å². The number of carbonyl (C=O) groups is 1. The Morgan fingerprint density at radius 1 is 0.789 bits per heavy atom. The van der Waals surface area contributed by atoms with Gasteiger partial charge in [-0.25, -0.2) is 0 Å². The van der Waals surface area contributed by atoms with Crippen LogP contribution in [0.4, 0.5) is 0 Å². The summed E-state index contributed by atoms with van der Waals surface area (Å²) in [6.07, 6.45) is 10.5. The zero-order valence-corrected chi connectivity index (χ0v) is 11.8. The Morgan fingerprint density at radius 3 is 2.42 bits per heavy atom. The Bertz CT molecular complexity index is 377. The Morgan fingerprint density at radius 2 is 1.53 bits per heavy atom. The normalized spacial score (nSPS) is 53.3. The first-order chi connectivity index (χ1) is 9.24. The van der Waals surface area contributed by atoms with Gasteiger partial charge in [-0.1, -0.05) is 0 Å². The van der Waals surface area contributed by atoms with E-state index >= 15 is 0 Å². The summed E-state index contributed by atoms with van der Waals surface area (Å²) in [7, 11) is 0. The van der Waals surface area contributed by atoms with Crippen LogP contribution < -0.4 is 0 Å². The molecule has 4 saturated carbocycles. The third-order valence-corrected chi connectivity index (χ3v) is 7.00. The van der Waals surface area contributed by atoms with Crippen LogP contribution in [0.5, 0.6) is 0 Å². The maximum Gasteiger partial charge on any atom is 0.136 e. The van der Waals surface area contributed by atoms with E-state index in [1.54, 1.807) is 0 Å². The SMILES string of the molecule is O=C1CCC2C1CCC1C2CC[C@H]2C[C@H](O)CCC12. The van der Waals surface area contributed by atoms with E-state index in [-0.39, 0.29) is 6.10 Å². The largest absolute Gasteiger partial charge is 0.393 e. The van der Waals surface area contributed by atoms with Gasteiger partial charge in [0.15, 0.2) is 0 Å². The summed E-state index contributed by atoms with van der Waals surface area (Å²) >= 11 is 0. The predicted octanol–water partition coefficient (Wildman–Crippen LogP) is 3.18. The van der Waals surface area contributed by atoms with E-state index in [4.69, 9.17) is 0 Å². The molecule has 0 aromatic carbocycles. The van der Waals surface area contributed by atoms with Crippen LogP contribution in [0, 0.1) is 35.5 Å². The quantitative estimate of drug-likeness (QED) is 0.728. The van der Waals surface area contributed by atoms with E-state index in [1.807, 2.05) is 0 Å². The molecule has 2 heteroatoms. The number of carbonyl (C=O) groups excluding carboxylic acids is 1. The summed E-state index contributed by atoms with van der Waals surface area (Å²) in [6, 6.07) is 0. The zero-order chi connectivity index (χ0) is 13.0. The first kappa shape index (κ1) is 12.4. The minimum Gasteiger partial charge on any atom is -0.393 e. The molecule has 19 heavy (non-hydrogen) atoms. The molecule has 2 nitrogen and oxygen atoms in total. The molecule has 106 valence electrons. The summed E-state index contributed by atoms with van der Waals surface area (Å²) < 4.78 is 0. The lowest BCUT2D eigenvalue weighted by Gasteiger charge is -2.52. The average molecular weight is 262 g/mol. The molecule has 0 aromatic rings. The van der Waals surface area contributed by atoms with E-state index in [9.17, 15) is 9.90 Å². The summed E-state index contributed by atoms with van der Waals surface area (Å²) in [5, 5.41) is 9.88. The van der Waals surface area contributed by atoms with E-state index in [0.717, 1.165) is 48.9 Å². The van der Waals surface area contributed by atoms with E-state index in [2.05, 4.69) is 0 Å². The van der Waals surface area contributed by atoms with Crippen LogP contribution in [0.3, 0.4) is 0 Å². The van der Waals surface area contributed by atoms with Crippen molar-refractivity contribution in [3.8, 4) is 0 Å². The van der Waals surface area contributed by atoms with E-state index in [0.29, 0.717) is 11.7 Å². The van der Waals surface area contributed by atoms with Gasteiger partial charge in [0.25, 0.3) is 0 Å². The third kappa shape index (κ3) is 1.90. The van der Waals surface area contributed by atoms with Crippen LogP contribution in [-0.2, 0) is 4.79 Å². The average Bonchev–Trinajstić information content (AvgIpc) is 2.80. The summed E-state index contributed by atoms with van der Waals surface area (Å²) in [5.74, 6) is 5.15. The highest BCUT2D eigenvalue weighted by Crippen LogP contribution is 2.57. The number of aliphatic hydroxyl groups is 1. The van der Waals surface area contributed by atoms with Gasteiger partial charge in [-0.15, -0.1) is 0 Å². The highest BCUT2D eigenvalue weighted by atomic mass is 16.3. The maximum absolute atomic E-state index is 12.0. The Kier molecular flexibility index (Phi) is 2.98. The van der Waals surface area contributed by atoms with Gasteiger partial charge in [-0.05, 0) is 81.0 Å². The van der Waals surface area contributed by atoms with Crippen molar-refractivity contribution in [2.24, 2.45) is 35.5 Å². The maximum atomic E-state index is 12.0. The molecule has 5 unspecified atom stereocenters. The first-order valence-corrected chi connectivity index (χ1v) is 8.45. The minimum absolute atomic E-state index is 0.0257. The van der Waals surface area contributed by atoms with Crippen molar-refractivity contribution in [3.63, 3.8) is 0 Å². The lowest BCUT2D eigenvalue weighted by molar-refractivity contribution is -0.124. The molecule has 0 aromatic heterocycles. The second-order valence-electron chi connectivity index (χ2n) is 7.65. The monoisotopic (exact) mass is 262 g/mol. The number of hydrogen-bond acceptors (Lipinski definition) is 2. The lowest BCUT2D eigenvalue weighted by atomic mass is 9.53. The summed E-state index contributed by atoms with van der Waals surface area (Å²) in [5.41, 5.74) is 0. The van der Waals surface area contributed by atoms with Crippen LogP contribution in [0.25, 0.3) is 0 Å². The smallest absolute Gasteiger partial charge is 0.136 e. The Labute approximate surface area is 116 Å². The van der Waals surface area contributed by atoms with Crippen molar-refractivity contribution in [3.05, 3.63) is 0 Å². The number of ketones is 1. The molecule has 4 aliphatic carbocycles. The van der Waals surface area contributed by atoms with E-state index < -0.39 is 0 Å². The number of Topliss-reactive ketones (excluding diaryl/α,β-unsaturated/α-hetero) is 1. The van der Waals surface area contributed by atoms with Crippen molar-refractivity contribution in [2.45, 2.75) is 63.9 Å². The van der Waals surface area contributed by atoms with Gasteiger partial charge in [0.2, 0.25) is 0 Å². The standard InChI is InChI=1S/C17H26O2/c18-11-2-4-12-10(9-11)1-3-14-13(12)5-6-16-15(14)7-8-17(16)19/h10-16,18H,1-9H2/t10-,11+,12?,13?,14?,15?,16?/m0/s1. The van der Waals surface area contributed by atoms with Crippen molar-refractivity contribution in [1.29, 1.82) is 0 Å². The molecule has 4 aliphatic rings. The molecule has 0 saturated heterocycles. The van der Waals surface area contributed by atoms with Gasteiger partial charge in [0, 0.05) is 12.3 Å². The molecule has 0 spiro atoms. The molecule has 4 fully saturated rings. The molecule has 1 N–H and O–H groups in total. The van der Waals surface area contributed by atoms with Crippen molar-refractivity contribution >= 4 is 5.78 Å². The lowest BCUT2D eigenvalue weighted by Crippen LogP contribution is -2.45. The molecule has 0 bridgehead atoms. The minimum atomic E-state index is -0.0257. The van der Waals surface area contributed by atoms with Crippen LogP contribution in [0.2, 0.25) is 0 Å². The first-order valence-electron chi connectivity index (χ1n) is 8.45. The fourth-order valence-electron chi connectivity index (χ4n) is 6.25. The van der Waals surface area contributed by atoms with Crippen LogP contribution >= 0.6 is 0 Å². The summed E-state index contributed by atoms with van der Waals surface area (Å²) in [6.45, 7) is 0. The summed E-state index contributed by atoms with van der Waals surface area (Å²) in [4.78, 5) is 12.0. The molecule has 7 atom stereocenters. The second kappa shape index (κ2) is 4.58. The van der Waals surface area contributed by atoms with Crippen molar-refractivity contribution < 1.29 is 9.90 Å². The Balaban J connectivity index is 1.54. The number of rotatable bonds is 0. The second-order valence-corrected chi connectivity index (χ2v) is 7.65. The predicted molar refractivity (Wildman–Crippen MR) is 73.5 cm³/mol. The molecule has 4 rings (SSSR count). The number of hydrogen-bond donors (Lipinski definition) is 1. The van der Waals surface area contributed by atoms with Gasteiger partial charge in [-0.2, -0.15) is 0 Å². The fourth-order valence-corrected chi connectivity index (χ4v) is 6.25. The highest BCUT2D eigenvalue weighted by molar-refractivity contribution is 5.83. The van der Waals surface area contributed by atoms with Crippen molar-refractivity contribution in [2.75, 3.05) is 0 Å². The molecule has 0 amide bonds. The van der Waals surface area contributed by atoms with Gasteiger partial charge >= 0.3 is 0 Å². The van der Waals surface area contributed by atoms with E-state index in [1.165, 1.54) is 38.5 Å². The van der Waals surface area contributed by atoms with Crippen LogP contribution in [0.1, 0.15) is 57.8 Å². The Hall–Kier alpha value is -0.370. The molecule has 0 heterocycles. The van der Waals surface area contributed by atoms with Gasteiger partial charge in [-0.3, -0.25) is 4.79 Å². The van der Waals surface area contributed by atoms with Gasteiger partial charge < -0.3 is 5.11 Å². The third-order valence-electron chi connectivity index (χ3n) is 7.00. The van der Waals surface area contributed by atoms with Crippen LogP contribution in [0.15, 0.2) is 0 Å². The topological polar surface area (TPSA) is 37.3 Å². The fraction of sp³-hybridized carbons (Fsp3) is 0.941. The molecule has 0 radical (unpaired) electrons. The number of aliphatic hydroxyl groups excluding tert-OH is 1.